The molecule has 0 unspecified atom stereocenters. The SMILES string of the molecule is Cc1cc(C[As])n(C)n1. The standard InChI is InChI=1S/C6H9AsN2/c1-5-3-6(4-7)9(2)8-5/h3H,4H2,1-2H3. The Balaban J connectivity index is 3.01. The van der Waals surface area contributed by atoms with E-state index < -0.39 is 0 Å². The molecule has 0 fully saturated rings. The van der Waals surface area contributed by atoms with Gasteiger partial charge in [-0.1, -0.05) is 0 Å². The normalized spacial score (nSPS) is 10.1. The molecule has 1 heterocycles. The van der Waals surface area contributed by atoms with Gasteiger partial charge in [0.2, 0.25) is 0 Å². The third-order valence-corrected chi connectivity index (χ3v) is 1.94. The van der Waals surface area contributed by atoms with Crippen molar-refractivity contribution in [1.29, 1.82) is 0 Å². The van der Waals surface area contributed by atoms with E-state index >= 15 is 0 Å². The van der Waals surface area contributed by atoms with E-state index in [9.17, 15) is 0 Å². The number of hydrogen-bond donors (Lipinski definition) is 0. The quantitative estimate of drug-likeness (QED) is 0.577. The van der Waals surface area contributed by atoms with Gasteiger partial charge in [-0.15, -0.1) is 0 Å². The first-order valence-electron chi connectivity index (χ1n) is 2.84. The van der Waals surface area contributed by atoms with Gasteiger partial charge in [0.05, 0.1) is 0 Å². The first kappa shape index (κ1) is 6.88. The van der Waals surface area contributed by atoms with Crippen LogP contribution in [0.2, 0.25) is 0 Å². The van der Waals surface area contributed by atoms with Gasteiger partial charge in [-0.25, -0.2) is 0 Å². The van der Waals surface area contributed by atoms with Gasteiger partial charge >= 0.3 is 63.3 Å². The maximum absolute atomic E-state index is 4.19. The van der Waals surface area contributed by atoms with Gasteiger partial charge in [0.15, 0.2) is 0 Å². The van der Waals surface area contributed by atoms with Crippen LogP contribution in [0.1, 0.15) is 11.4 Å². The Kier molecular flexibility index (Phi) is 1.97. The predicted octanol–water partition coefficient (Wildman–Crippen LogP) is 0.397. The summed E-state index contributed by atoms with van der Waals surface area (Å²) in [5, 5.41) is 5.19. The number of rotatable bonds is 1. The summed E-state index contributed by atoms with van der Waals surface area (Å²) in [7, 11) is 1.97. The zero-order valence-corrected chi connectivity index (χ0v) is 7.50. The molecule has 1 aromatic heterocycles. The fourth-order valence-electron chi connectivity index (χ4n) is 0.812. The van der Waals surface area contributed by atoms with Crippen molar-refractivity contribution in [3.8, 4) is 0 Å². The summed E-state index contributed by atoms with van der Waals surface area (Å²) in [6.45, 7) is 2.01. The second kappa shape index (κ2) is 2.57. The minimum absolute atomic E-state index is 1.00. The second-order valence-electron chi connectivity index (χ2n) is 2.06. The number of hydrogen-bond acceptors (Lipinski definition) is 1. The summed E-state index contributed by atoms with van der Waals surface area (Å²) in [6.07, 6.45) is 0. The van der Waals surface area contributed by atoms with Crippen LogP contribution in [0.5, 0.6) is 0 Å². The molecule has 0 aliphatic carbocycles. The van der Waals surface area contributed by atoms with Crippen LogP contribution in [0.3, 0.4) is 0 Å². The Hall–Kier alpha value is -0.232. The molecule has 0 aromatic carbocycles. The van der Waals surface area contributed by atoms with Crippen LogP contribution in [0.4, 0.5) is 0 Å². The van der Waals surface area contributed by atoms with Gasteiger partial charge in [-0.2, -0.15) is 0 Å². The van der Waals surface area contributed by atoms with E-state index in [1.54, 1.807) is 0 Å². The topological polar surface area (TPSA) is 17.8 Å². The van der Waals surface area contributed by atoms with E-state index in [0.29, 0.717) is 0 Å². The van der Waals surface area contributed by atoms with Crippen molar-refractivity contribution in [2.45, 2.75) is 12.1 Å². The van der Waals surface area contributed by atoms with Gasteiger partial charge in [0.1, 0.15) is 0 Å². The van der Waals surface area contributed by atoms with Crippen LogP contribution >= 0.6 is 0 Å². The van der Waals surface area contributed by atoms with E-state index in [2.05, 4.69) is 28.0 Å². The Morgan fingerprint density at radius 2 is 2.44 bits per heavy atom. The first-order chi connectivity index (χ1) is 4.24. The molecule has 0 saturated heterocycles. The molecule has 1 rings (SSSR count). The van der Waals surface area contributed by atoms with Crippen LogP contribution in [0, 0.1) is 6.92 Å². The van der Waals surface area contributed by atoms with E-state index in [0.717, 1.165) is 10.9 Å². The maximum atomic E-state index is 4.19. The van der Waals surface area contributed by atoms with Gasteiger partial charge in [-0.3, -0.25) is 0 Å². The van der Waals surface area contributed by atoms with Crippen molar-refractivity contribution in [3.05, 3.63) is 17.5 Å². The molecule has 0 bridgehead atoms. The molecule has 9 heavy (non-hydrogen) atoms. The average molecular weight is 184 g/mol. The Labute approximate surface area is 63.8 Å². The summed E-state index contributed by atoms with van der Waals surface area (Å²) in [6, 6.07) is 2.10. The predicted molar refractivity (Wildman–Crippen MR) is 37.4 cm³/mol. The number of nitrogens with zero attached hydrogens (tertiary/aromatic N) is 2. The molecule has 1 aromatic rings. The van der Waals surface area contributed by atoms with Crippen LogP contribution in [-0.2, 0) is 12.3 Å². The molecule has 0 spiro atoms. The summed E-state index contributed by atoms with van der Waals surface area (Å²) >= 11 is 2.54. The molecular formula is C6H9AsN2. The first-order valence-corrected chi connectivity index (χ1v) is 4.17. The van der Waals surface area contributed by atoms with Gasteiger partial charge in [0, 0.05) is 0 Å². The third kappa shape index (κ3) is 1.36. The van der Waals surface area contributed by atoms with Crippen molar-refractivity contribution in [2.75, 3.05) is 0 Å². The molecule has 0 saturated carbocycles. The zero-order valence-electron chi connectivity index (χ0n) is 5.63. The van der Waals surface area contributed by atoms with E-state index in [1.165, 1.54) is 5.69 Å². The Morgan fingerprint density at radius 1 is 1.78 bits per heavy atom. The fraction of sp³-hybridized carbons (Fsp3) is 0.500. The van der Waals surface area contributed by atoms with Crippen molar-refractivity contribution in [3.63, 3.8) is 0 Å². The van der Waals surface area contributed by atoms with Gasteiger partial charge < -0.3 is 0 Å². The minimum atomic E-state index is 1.00. The third-order valence-electron chi connectivity index (χ3n) is 1.26. The molecule has 0 amide bonds. The molecule has 0 atom stereocenters. The van der Waals surface area contributed by atoms with Crippen LogP contribution < -0.4 is 0 Å². The molecule has 2 nitrogen and oxygen atoms in total. The van der Waals surface area contributed by atoms with Crippen molar-refractivity contribution in [2.24, 2.45) is 7.05 Å². The van der Waals surface area contributed by atoms with Gasteiger partial charge in [-0.05, 0) is 0 Å². The van der Waals surface area contributed by atoms with Crippen LogP contribution in [0.15, 0.2) is 6.07 Å². The molecule has 0 N–H and O–H groups in total. The van der Waals surface area contributed by atoms with E-state index in [4.69, 9.17) is 0 Å². The Bertz CT molecular complexity index is 205. The van der Waals surface area contributed by atoms with Crippen LogP contribution in [0.25, 0.3) is 0 Å². The number of aryl methyl sites for hydroxylation is 2. The molecule has 2 radical (unpaired) electrons. The molecule has 3 heteroatoms. The van der Waals surface area contributed by atoms with Crippen molar-refractivity contribution < 1.29 is 0 Å². The summed E-state index contributed by atoms with van der Waals surface area (Å²) in [5.41, 5.74) is 2.37. The monoisotopic (exact) mass is 184 g/mol. The van der Waals surface area contributed by atoms with E-state index in [-0.39, 0.29) is 0 Å². The fourth-order valence-corrected chi connectivity index (χ4v) is 1.43. The summed E-state index contributed by atoms with van der Waals surface area (Å²) < 4.78 is 1.91. The molecule has 0 aliphatic heterocycles. The van der Waals surface area contributed by atoms with Crippen molar-refractivity contribution >= 4 is 16.9 Å². The van der Waals surface area contributed by atoms with Gasteiger partial charge in [0.25, 0.3) is 0 Å². The number of aromatic nitrogens is 2. The summed E-state index contributed by atoms with van der Waals surface area (Å²) in [4.78, 5) is 0. The van der Waals surface area contributed by atoms with Crippen LogP contribution in [-0.4, -0.2) is 26.6 Å². The zero-order chi connectivity index (χ0) is 6.85. The molecule has 0 aliphatic rings. The average Bonchev–Trinajstić information content (AvgIpc) is 2.10. The molecule has 48 valence electrons. The molecular weight excluding hydrogens is 175 g/mol. The summed E-state index contributed by atoms with van der Waals surface area (Å²) in [5.74, 6) is 0. The Morgan fingerprint density at radius 3 is 2.67 bits per heavy atom. The van der Waals surface area contributed by atoms with Crippen molar-refractivity contribution in [1.82, 2.24) is 9.78 Å². The second-order valence-corrected chi connectivity index (χ2v) is 2.72. The van der Waals surface area contributed by atoms with E-state index in [1.807, 2.05) is 18.7 Å².